The van der Waals surface area contributed by atoms with Gasteiger partial charge in [-0.1, -0.05) is 98.3 Å². The number of thioether (sulfide) groups is 1. The summed E-state index contributed by atoms with van der Waals surface area (Å²) >= 11 is 1.69. The number of hydrogen-bond acceptors (Lipinski definition) is 9. The SMILES string of the molecule is C=CCOC12Oc3ccc(Oc4ccc(SC)cc4)cc3C3C(CCCCO)C(CCCCO)C=C(C(=NOC(C)(C)C)CC1N(Cc1cccc4ccccc14)C(=O)CCC1CCCC1)C32. The van der Waals surface area contributed by atoms with Gasteiger partial charge in [0.2, 0.25) is 11.7 Å². The maximum Gasteiger partial charge on any atom is 0.239 e. The Bertz CT molecular complexity index is 2360. The van der Waals surface area contributed by atoms with E-state index in [9.17, 15) is 10.2 Å². The number of hydrogen-bond donors (Lipinski definition) is 2. The fraction of sp³-hybridized carbons (Fsp3) is 0.509. The van der Waals surface area contributed by atoms with Crippen LogP contribution in [0.1, 0.15) is 121 Å². The molecule has 67 heavy (non-hydrogen) atoms. The second kappa shape index (κ2) is 22.2. The molecule has 4 aromatic rings. The van der Waals surface area contributed by atoms with Gasteiger partial charge in [-0.25, -0.2) is 0 Å². The van der Waals surface area contributed by atoms with Gasteiger partial charge in [0.05, 0.1) is 18.2 Å². The maximum atomic E-state index is 15.5. The quantitative estimate of drug-likeness (QED) is 0.0368. The van der Waals surface area contributed by atoms with Gasteiger partial charge < -0.3 is 34.2 Å². The molecule has 0 spiro atoms. The number of allylic oxidation sites excluding steroid dienone is 1. The highest BCUT2D eigenvalue weighted by molar-refractivity contribution is 7.98. The topological polar surface area (TPSA) is 110 Å². The first kappa shape index (κ1) is 48.8. The molecule has 6 atom stereocenters. The number of nitrogens with zero attached hydrogens (tertiary/aromatic N) is 2. The Balaban J connectivity index is 1.34. The highest BCUT2D eigenvalue weighted by atomic mass is 32.2. The van der Waals surface area contributed by atoms with Crippen LogP contribution >= 0.6 is 11.8 Å². The van der Waals surface area contributed by atoms with Gasteiger partial charge in [-0.15, -0.1) is 18.3 Å². The second-order valence-corrected chi connectivity index (χ2v) is 21.0. The van der Waals surface area contributed by atoms with Crippen LogP contribution in [-0.4, -0.2) is 70.2 Å². The molecule has 8 rings (SSSR count). The van der Waals surface area contributed by atoms with Crippen LogP contribution in [-0.2, 0) is 20.9 Å². The van der Waals surface area contributed by atoms with Crippen molar-refractivity contribution in [3.05, 3.63) is 120 Å². The van der Waals surface area contributed by atoms with Crippen LogP contribution < -0.4 is 9.47 Å². The van der Waals surface area contributed by atoms with Gasteiger partial charge in [-0.05, 0) is 141 Å². The highest BCUT2D eigenvalue weighted by Crippen LogP contribution is 2.62. The monoisotopic (exact) mass is 929 g/mol. The minimum absolute atomic E-state index is 0.0781. The summed E-state index contributed by atoms with van der Waals surface area (Å²) in [5.74, 6) is 1.05. The van der Waals surface area contributed by atoms with Gasteiger partial charge in [0.15, 0.2) is 0 Å². The lowest BCUT2D eigenvalue weighted by molar-refractivity contribution is -0.258. The van der Waals surface area contributed by atoms with Gasteiger partial charge in [0.25, 0.3) is 0 Å². The predicted octanol–water partition coefficient (Wildman–Crippen LogP) is 12.8. The summed E-state index contributed by atoms with van der Waals surface area (Å²) in [6, 6.07) is 28.5. The molecule has 10 heteroatoms. The number of oxime groups is 1. The Morgan fingerprint density at radius 2 is 1.66 bits per heavy atom. The third-order valence-electron chi connectivity index (χ3n) is 14.5. The van der Waals surface area contributed by atoms with E-state index in [-0.39, 0.29) is 43.5 Å². The Hall–Kier alpha value is -4.61. The Labute approximate surface area is 403 Å². The van der Waals surface area contributed by atoms with Crippen LogP contribution in [0.3, 0.4) is 0 Å². The Morgan fingerprint density at radius 1 is 0.925 bits per heavy atom. The molecular weight excluding hydrogens is 857 g/mol. The number of fused-ring (bicyclic) bond motifs is 3. The van der Waals surface area contributed by atoms with E-state index in [0.29, 0.717) is 49.6 Å². The number of carbonyl (C=O) groups is 1. The van der Waals surface area contributed by atoms with Gasteiger partial charge in [-0.2, -0.15) is 0 Å². The van der Waals surface area contributed by atoms with Crippen LogP contribution in [0.5, 0.6) is 17.2 Å². The first-order valence-corrected chi connectivity index (χ1v) is 26.1. The lowest BCUT2D eigenvalue weighted by atomic mass is 9.55. The second-order valence-electron chi connectivity index (χ2n) is 20.1. The summed E-state index contributed by atoms with van der Waals surface area (Å²) in [5.41, 5.74) is 3.33. The van der Waals surface area contributed by atoms with Crippen LogP contribution in [0.4, 0.5) is 0 Å². The lowest BCUT2D eigenvalue weighted by Gasteiger charge is -2.60. The average molecular weight is 929 g/mol. The van der Waals surface area contributed by atoms with Crippen LogP contribution in [0.25, 0.3) is 10.8 Å². The molecule has 6 unspecified atom stereocenters. The number of aliphatic hydroxyl groups is 2. The maximum absolute atomic E-state index is 15.5. The molecule has 3 aliphatic carbocycles. The van der Waals surface area contributed by atoms with Gasteiger partial charge >= 0.3 is 0 Å². The molecule has 9 nitrogen and oxygen atoms in total. The zero-order chi connectivity index (χ0) is 47.0. The lowest BCUT2D eigenvalue weighted by Crippen LogP contribution is -2.70. The van der Waals surface area contributed by atoms with E-state index >= 15 is 4.79 Å². The number of benzene rings is 4. The minimum Gasteiger partial charge on any atom is -0.459 e. The molecule has 1 amide bonds. The van der Waals surface area contributed by atoms with Crippen LogP contribution in [0.2, 0.25) is 0 Å². The van der Waals surface area contributed by atoms with Crippen molar-refractivity contribution in [1.82, 2.24) is 4.90 Å². The van der Waals surface area contributed by atoms with Crippen molar-refractivity contribution < 1.29 is 34.1 Å². The highest BCUT2D eigenvalue weighted by Gasteiger charge is 2.65. The molecular formula is C57H72N2O7S. The van der Waals surface area contributed by atoms with Crippen molar-refractivity contribution in [1.29, 1.82) is 0 Å². The predicted molar refractivity (Wildman–Crippen MR) is 270 cm³/mol. The molecule has 1 aliphatic heterocycles. The third kappa shape index (κ3) is 11.1. The first-order chi connectivity index (χ1) is 32.5. The minimum atomic E-state index is -1.35. The van der Waals surface area contributed by atoms with E-state index in [1.54, 1.807) is 17.8 Å². The van der Waals surface area contributed by atoms with E-state index in [1.165, 1.54) is 12.8 Å². The van der Waals surface area contributed by atoms with E-state index < -0.39 is 23.3 Å². The molecule has 4 aliphatic rings. The molecule has 1 heterocycles. The number of ether oxygens (including phenoxy) is 3. The molecule has 0 radical (unpaired) electrons. The summed E-state index contributed by atoms with van der Waals surface area (Å²) in [4.78, 5) is 25.1. The smallest absolute Gasteiger partial charge is 0.239 e. The van der Waals surface area contributed by atoms with Gasteiger partial charge in [0, 0.05) is 49.0 Å². The molecule has 0 bridgehead atoms. The van der Waals surface area contributed by atoms with Crippen molar-refractivity contribution in [2.24, 2.45) is 28.8 Å². The van der Waals surface area contributed by atoms with Gasteiger partial charge in [0.1, 0.15) is 28.9 Å². The van der Waals surface area contributed by atoms with E-state index in [4.69, 9.17) is 24.2 Å². The van der Waals surface area contributed by atoms with Crippen molar-refractivity contribution >= 4 is 34.2 Å². The summed E-state index contributed by atoms with van der Waals surface area (Å²) in [7, 11) is 0. The average Bonchev–Trinajstić information content (AvgIpc) is 3.86. The largest absolute Gasteiger partial charge is 0.459 e. The van der Waals surface area contributed by atoms with Crippen molar-refractivity contribution in [3.8, 4) is 17.2 Å². The summed E-state index contributed by atoms with van der Waals surface area (Å²) in [5, 5.41) is 27.5. The number of carbonyl (C=O) groups excluding carboxylic acids is 1. The molecule has 4 aromatic carbocycles. The normalized spacial score (nSPS) is 24.1. The third-order valence-corrected chi connectivity index (χ3v) is 15.3. The Kier molecular flexibility index (Phi) is 16.2. The number of rotatable bonds is 21. The van der Waals surface area contributed by atoms with Gasteiger partial charge in [-0.3, -0.25) is 4.79 Å². The number of unbranched alkanes of at least 4 members (excludes halogenated alkanes) is 2. The standard InChI is InChI=1S/C57H72N2O7S/c1-6-34-63-57-52(59(53(62)31-24-39-16-7-8-17-39)38-42-21-15-20-40-18-9-10-22-46(40)42)37-50(58-66-56(2,3)4)48-35-41(19-11-13-32-60)47(23-12-14-33-61)54(55(48)57)49-36-44(27-30-51(49)65-57)64-43-25-28-45(67-5)29-26-43/h6,9-10,15,18,20-22,25-30,35-36,39,41,47,52,54-55,60-61H,1,7-8,11-14,16-17,19,23-24,31-34,37-38H2,2-5H3. The van der Waals surface area contributed by atoms with Crippen LogP contribution in [0, 0.1) is 23.7 Å². The number of aliphatic hydroxyl groups excluding tert-OH is 2. The fourth-order valence-corrected chi connectivity index (χ4v) is 11.8. The zero-order valence-corrected chi connectivity index (χ0v) is 41.0. The molecule has 2 N–H and O–H groups in total. The Morgan fingerprint density at radius 3 is 2.39 bits per heavy atom. The van der Waals surface area contributed by atoms with Crippen LogP contribution in [0.15, 0.2) is 119 Å². The van der Waals surface area contributed by atoms with E-state index in [2.05, 4.69) is 84.5 Å². The summed E-state index contributed by atoms with van der Waals surface area (Å²) in [6.07, 6.45) is 17.5. The molecule has 2 saturated carbocycles. The van der Waals surface area contributed by atoms with E-state index in [0.717, 1.165) is 88.8 Å². The van der Waals surface area contributed by atoms with Crippen molar-refractivity contribution in [2.75, 3.05) is 26.1 Å². The summed E-state index contributed by atoms with van der Waals surface area (Å²) < 4.78 is 21.6. The molecule has 358 valence electrons. The molecule has 2 fully saturated rings. The first-order valence-electron chi connectivity index (χ1n) is 24.9. The number of amides is 1. The summed E-state index contributed by atoms with van der Waals surface area (Å²) in [6.45, 7) is 11.0. The fourth-order valence-electron chi connectivity index (χ4n) is 11.4. The molecule has 0 saturated heterocycles. The molecule has 0 aromatic heterocycles. The van der Waals surface area contributed by atoms with Crippen molar-refractivity contribution in [2.45, 2.75) is 139 Å². The van der Waals surface area contributed by atoms with E-state index in [1.807, 2.05) is 45.0 Å². The van der Waals surface area contributed by atoms with Crippen molar-refractivity contribution in [3.63, 3.8) is 0 Å². The zero-order valence-electron chi connectivity index (χ0n) is 40.2.